The molecular weight excluding hydrogens is 424 g/mol. The number of imidazole rings is 1. The van der Waals surface area contributed by atoms with Gasteiger partial charge in [-0.15, -0.1) is 0 Å². The second-order valence-corrected chi connectivity index (χ2v) is 9.80. The van der Waals surface area contributed by atoms with E-state index >= 15 is 0 Å². The van der Waals surface area contributed by atoms with Crippen molar-refractivity contribution in [3.63, 3.8) is 0 Å². The SMILES string of the molecule is C=C/C=C(\C=C/C)c1nc2cc(C)ccc2n1-c1c(C(C)C)cc(-c2ccccc2)cc1C(C)C. The molecule has 178 valence electrons. The van der Waals surface area contributed by atoms with E-state index in [2.05, 4.69) is 119 Å². The Hall–Kier alpha value is -3.65. The molecule has 0 radical (unpaired) electrons. The summed E-state index contributed by atoms with van der Waals surface area (Å²) in [5, 5.41) is 0. The van der Waals surface area contributed by atoms with Crippen LogP contribution in [-0.4, -0.2) is 9.55 Å². The third kappa shape index (κ3) is 4.79. The number of rotatable bonds is 7. The van der Waals surface area contributed by atoms with Crippen molar-refractivity contribution in [1.29, 1.82) is 0 Å². The fourth-order valence-corrected chi connectivity index (χ4v) is 4.74. The molecule has 2 heteroatoms. The monoisotopic (exact) mass is 460 g/mol. The van der Waals surface area contributed by atoms with E-state index in [1.165, 1.54) is 33.5 Å². The Labute approximate surface area is 210 Å². The van der Waals surface area contributed by atoms with Crippen LogP contribution in [0.1, 0.15) is 69.0 Å². The molecule has 0 N–H and O–H groups in total. The molecule has 0 fully saturated rings. The maximum atomic E-state index is 5.16. The normalized spacial score (nSPS) is 12.4. The lowest BCUT2D eigenvalue weighted by Gasteiger charge is -2.24. The summed E-state index contributed by atoms with van der Waals surface area (Å²) in [6.07, 6.45) is 8.08. The Bertz CT molecular complexity index is 1380. The van der Waals surface area contributed by atoms with Crippen molar-refractivity contribution < 1.29 is 0 Å². The molecule has 0 unspecified atom stereocenters. The first-order valence-corrected chi connectivity index (χ1v) is 12.5. The number of hydrogen-bond acceptors (Lipinski definition) is 1. The lowest BCUT2D eigenvalue weighted by atomic mass is 9.88. The molecule has 0 saturated heterocycles. The van der Waals surface area contributed by atoms with Crippen LogP contribution >= 0.6 is 0 Å². The highest BCUT2D eigenvalue weighted by Gasteiger charge is 2.23. The fraction of sp³-hybridized carbons (Fsp3) is 0.242. The molecule has 0 amide bonds. The molecule has 0 saturated carbocycles. The molecule has 3 aromatic carbocycles. The third-order valence-electron chi connectivity index (χ3n) is 6.46. The summed E-state index contributed by atoms with van der Waals surface area (Å²) in [4.78, 5) is 5.16. The van der Waals surface area contributed by atoms with Gasteiger partial charge in [0, 0.05) is 5.57 Å². The van der Waals surface area contributed by atoms with Crippen molar-refractivity contribution in [2.75, 3.05) is 0 Å². The number of nitrogens with zero attached hydrogens (tertiary/aromatic N) is 2. The third-order valence-corrected chi connectivity index (χ3v) is 6.46. The van der Waals surface area contributed by atoms with Crippen molar-refractivity contribution in [3.05, 3.63) is 114 Å². The molecule has 0 atom stereocenters. The molecule has 4 aromatic rings. The zero-order chi connectivity index (χ0) is 25.1. The van der Waals surface area contributed by atoms with Crippen LogP contribution in [0, 0.1) is 6.92 Å². The zero-order valence-corrected chi connectivity index (χ0v) is 21.8. The molecule has 0 spiro atoms. The predicted octanol–water partition coefficient (Wildman–Crippen LogP) is 9.39. The van der Waals surface area contributed by atoms with Gasteiger partial charge in [0.25, 0.3) is 0 Å². The average molecular weight is 461 g/mol. The fourth-order valence-electron chi connectivity index (χ4n) is 4.74. The molecule has 1 aromatic heterocycles. The first-order chi connectivity index (χ1) is 16.8. The van der Waals surface area contributed by atoms with Crippen molar-refractivity contribution in [3.8, 4) is 16.8 Å². The largest absolute Gasteiger partial charge is 0.292 e. The van der Waals surface area contributed by atoms with Gasteiger partial charge in [-0.3, -0.25) is 4.57 Å². The zero-order valence-electron chi connectivity index (χ0n) is 21.8. The van der Waals surface area contributed by atoms with E-state index in [0.717, 1.165) is 22.4 Å². The van der Waals surface area contributed by atoms with Crippen LogP contribution in [0.4, 0.5) is 0 Å². The molecule has 35 heavy (non-hydrogen) atoms. The van der Waals surface area contributed by atoms with E-state index in [4.69, 9.17) is 4.98 Å². The molecule has 1 heterocycles. The Morgan fingerprint density at radius 3 is 2.11 bits per heavy atom. The molecule has 0 aliphatic carbocycles. The highest BCUT2D eigenvalue weighted by atomic mass is 15.1. The van der Waals surface area contributed by atoms with Gasteiger partial charge in [-0.05, 0) is 77.8 Å². The lowest BCUT2D eigenvalue weighted by Crippen LogP contribution is -2.10. The van der Waals surface area contributed by atoms with E-state index in [-0.39, 0.29) is 0 Å². The minimum absolute atomic E-state index is 0.343. The number of allylic oxidation sites excluding steroid dienone is 5. The number of hydrogen-bond donors (Lipinski definition) is 0. The highest BCUT2D eigenvalue weighted by Crippen LogP contribution is 2.39. The quantitative estimate of drug-likeness (QED) is 0.251. The summed E-state index contributed by atoms with van der Waals surface area (Å²) in [5.74, 6) is 1.63. The van der Waals surface area contributed by atoms with E-state index in [1.807, 2.05) is 19.1 Å². The Balaban J connectivity index is 2.16. The van der Waals surface area contributed by atoms with E-state index in [0.29, 0.717) is 11.8 Å². The van der Waals surface area contributed by atoms with Gasteiger partial charge in [0.1, 0.15) is 5.82 Å². The maximum absolute atomic E-state index is 5.16. The number of fused-ring (bicyclic) bond motifs is 1. The van der Waals surface area contributed by atoms with Crippen LogP contribution in [-0.2, 0) is 0 Å². The molecular formula is C33H36N2. The highest BCUT2D eigenvalue weighted by molar-refractivity contribution is 5.86. The Morgan fingerprint density at radius 1 is 0.886 bits per heavy atom. The van der Waals surface area contributed by atoms with Gasteiger partial charge in [-0.25, -0.2) is 4.98 Å². The van der Waals surface area contributed by atoms with Gasteiger partial charge >= 0.3 is 0 Å². The van der Waals surface area contributed by atoms with Gasteiger partial charge in [0.05, 0.1) is 16.7 Å². The molecule has 0 aliphatic rings. The van der Waals surface area contributed by atoms with Gasteiger partial charge in [-0.2, -0.15) is 0 Å². The van der Waals surface area contributed by atoms with Crippen molar-refractivity contribution in [1.82, 2.24) is 9.55 Å². The van der Waals surface area contributed by atoms with Crippen molar-refractivity contribution in [2.24, 2.45) is 0 Å². The molecule has 0 bridgehead atoms. The Kier molecular flexibility index (Phi) is 7.21. The van der Waals surface area contributed by atoms with Crippen molar-refractivity contribution >= 4 is 16.6 Å². The summed E-state index contributed by atoms with van der Waals surface area (Å²) < 4.78 is 2.38. The Morgan fingerprint density at radius 2 is 1.54 bits per heavy atom. The van der Waals surface area contributed by atoms with Crippen LogP contribution in [0.15, 0.2) is 91.5 Å². The minimum atomic E-state index is 0.343. The summed E-state index contributed by atoms with van der Waals surface area (Å²) >= 11 is 0. The second-order valence-electron chi connectivity index (χ2n) is 9.80. The summed E-state index contributed by atoms with van der Waals surface area (Å²) in [5.41, 5.74) is 10.8. The van der Waals surface area contributed by atoms with Gasteiger partial charge in [0.2, 0.25) is 0 Å². The van der Waals surface area contributed by atoms with Gasteiger partial charge in [-0.1, -0.05) is 95.0 Å². The number of aryl methyl sites for hydroxylation is 1. The van der Waals surface area contributed by atoms with Gasteiger partial charge < -0.3 is 0 Å². The number of aromatic nitrogens is 2. The summed E-state index contributed by atoms with van der Waals surface area (Å²) in [7, 11) is 0. The predicted molar refractivity (Wildman–Crippen MR) is 152 cm³/mol. The minimum Gasteiger partial charge on any atom is -0.292 e. The molecule has 4 rings (SSSR count). The van der Waals surface area contributed by atoms with E-state index < -0.39 is 0 Å². The van der Waals surface area contributed by atoms with Crippen LogP contribution in [0.2, 0.25) is 0 Å². The number of benzene rings is 3. The molecule has 0 aliphatic heterocycles. The summed E-state index contributed by atoms with van der Waals surface area (Å²) in [6.45, 7) is 17.3. The summed E-state index contributed by atoms with van der Waals surface area (Å²) in [6, 6.07) is 22.0. The lowest BCUT2D eigenvalue weighted by molar-refractivity contribution is 0.808. The van der Waals surface area contributed by atoms with Crippen molar-refractivity contribution in [2.45, 2.75) is 53.4 Å². The standard InChI is InChI=1S/C33H36N2/c1-8-13-26(14-9-2)33-34-30-19-24(7)17-18-31(30)35(33)32-28(22(3)4)20-27(21-29(32)23(5)6)25-15-11-10-12-16-25/h8-23H,1H2,2-7H3/b14-9-,26-13+. The second kappa shape index (κ2) is 10.3. The first-order valence-electron chi connectivity index (χ1n) is 12.5. The van der Waals surface area contributed by atoms with Crippen LogP contribution in [0.25, 0.3) is 33.4 Å². The van der Waals surface area contributed by atoms with E-state index in [1.54, 1.807) is 0 Å². The molecule has 2 nitrogen and oxygen atoms in total. The maximum Gasteiger partial charge on any atom is 0.145 e. The van der Waals surface area contributed by atoms with Crippen LogP contribution in [0.5, 0.6) is 0 Å². The average Bonchev–Trinajstić information content (AvgIpc) is 3.21. The van der Waals surface area contributed by atoms with Crippen LogP contribution < -0.4 is 0 Å². The van der Waals surface area contributed by atoms with E-state index in [9.17, 15) is 0 Å². The van der Waals surface area contributed by atoms with Gasteiger partial charge in [0.15, 0.2) is 0 Å². The first kappa shape index (κ1) is 24.5. The smallest absolute Gasteiger partial charge is 0.145 e. The topological polar surface area (TPSA) is 17.8 Å². The van der Waals surface area contributed by atoms with Crippen LogP contribution in [0.3, 0.4) is 0 Å².